The molecule has 0 saturated carbocycles. The highest BCUT2D eigenvalue weighted by molar-refractivity contribution is 5.59. The number of benzene rings is 3. The first kappa shape index (κ1) is 19.8. The molecule has 4 rings (SSSR count). The molecule has 0 amide bonds. The summed E-state index contributed by atoms with van der Waals surface area (Å²) >= 11 is 0. The standard InChI is InChI=1S/C24H23NO5/c1-15-22(29-3)13-12-20-23(15)30-14-21(16-4-8-18(26)9-5-16)24(20,25-27)17-6-10-19(28-2)11-7-17/h4-13,21,26H,14H2,1-3H3. The lowest BCUT2D eigenvalue weighted by atomic mass is 9.69. The molecule has 0 fully saturated rings. The Labute approximate surface area is 175 Å². The lowest BCUT2D eigenvalue weighted by molar-refractivity contribution is 0.202. The van der Waals surface area contributed by atoms with Crippen molar-refractivity contribution >= 4 is 0 Å². The lowest BCUT2D eigenvalue weighted by Gasteiger charge is -2.41. The van der Waals surface area contributed by atoms with Gasteiger partial charge in [-0.1, -0.05) is 29.4 Å². The summed E-state index contributed by atoms with van der Waals surface area (Å²) < 4.78 is 16.9. The highest BCUT2D eigenvalue weighted by Crippen LogP contribution is 2.54. The van der Waals surface area contributed by atoms with Crippen LogP contribution in [0.2, 0.25) is 0 Å². The zero-order valence-electron chi connectivity index (χ0n) is 17.1. The topological polar surface area (TPSA) is 77.4 Å². The first-order valence-corrected chi connectivity index (χ1v) is 9.64. The molecule has 0 bridgehead atoms. The van der Waals surface area contributed by atoms with Crippen molar-refractivity contribution in [1.82, 2.24) is 0 Å². The van der Waals surface area contributed by atoms with Crippen LogP contribution in [0.3, 0.4) is 0 Å². The molecule has 0 radical (unpaired) electrons. The Balaban J connectivity index is 1.99. The van der Waals surface area contributed by atoms with Gasteiger partial charge in [0.1, 0.15) is 23.0 Å². The van der Waals surface area contributed by atoms with E-state index in [9.17, 15) is 10.0 Å². The fraction of sp³-hybridized carbons (Fsp3) is 0.250. The van der Waals surface area contributed by atoms with Crippen molar-refractivity contribution < 1.29 is 19.3 Å². The monoisotopic (exact) mass is 405 g/mol. The third-order valence-corrected chi connectivity index (χ3v) is 5.85. The number of rotatable bonds is 5. The third-order valence-electron chi connectivity index (χ3n) is 5.85. The van der Waals surface area contributed by atoms with E-state index in [1.807, 2.05) is 43.3 Å². The molecule has 1 aliphatic heterocycles. The van der Waals surface area contributed by atoms with Gasteiger partial charge in [0.25, 0.3) is 0 Å². The van der Waals surface area contributed by atoms with E-state index >= 15 is 0 Å². The molecule has 1 aliphatic rings. The minimum absolute atomic E-state index is 0.158. The summed E-state index contributed by atoms with van der Waals surface area (Å²) in [4.78, 5) is 12.7. The SMILES string of the molecule is COc1ccc(C2(N=O)c3ccc(OC)c(C)c3OCC2c2ccc(O)cc2)cc1. The number of fused-ring (bicyclic) bond motifs is 1. The van der Waals surface area contributed by atoms with Crippen LogP contribution in [0.25, 0.3) is 0 Å². The van der Waals surface area contributed by atoms with Gasteiger partial charge in [-0.05, 0) is 54.4 Å². The number of aromatic hydroxyl groups is 1. The zero-order chi connectivity index (χ0) is 21.3. The van der Waals surface area contributed by atoms with Crippen LogP contribution in [0.15, 0.2) is 65.8 Å². The molecule has 2 atom stereocenters. The van der Waals surface area contributed by atoms with Gasteiger partial charge in [0, 0.05) is 11.1 Å². The van der Waals surface area contributed by atoms with Gasteiger partial charge >= 0.3 is 0 Å². The number of methoxy groups -OCH3 is 2. The van der Waals surface area contributed by atoms with E-state index in [1.165, 1.54) is 0 Å². The first-order chi connectivity index (χ1) is 14.5. The van der Waals surface area contributed by atoms with Gasteiger partial charge in [-0.3, -0.25) is 0 Å². The summed E-state index contributed by atoms with van der Waals surface area (Å²) in [6, 6.07) is 17.9. The Bertz CT molecular complexity index is 1060. The second-order valence-electron chi connectivity index (χ2n) is 7.31. The predicted octanol–water partition coefficient (Wildman–Crippen LogP) is 4.90. The van der Waals surface area contributed by atoms with E-state index in [-0.39, 0.29) is 18.3 Å². The van der Waals surface area contributed by atoms with Crippen molar-refractivity contribution in [1.29, 1.82) is 0 Å². The first-order valence-electron chi connectivity index (χ1n) is 9.64. The van der Waals surface area contributed by atoms with Crippen molar-refractivity contribution in [2.45, 2.75) is 18.4 Å². The number of phenols is 1. The normalized spacial score (nSPS) is 20.0. The van der Waals surface area contributed by atoms with Crippen molar-refractivity contribution in [3.63, 3.8) is 0 Å². The van der Waals surface area contributed by atoms with Crippen LogP contribution < -0.4 is 14.2 Å². The molecular formula is C24H23NO5. The minimum Gasteiger partial charge on any atom is -0.508 e. The maximum Gasteiger partial charge on any atom is 0.166 e. The summed E-state index contributed by atoms with van der Waals surface area (Å²) in [5, 5.41) is 13.5. The van der Waals surface area contributed by atoms with Crippen LogP contribution in [0.4, 0.5) is 0 Å². The van der Waals surface area contributed by atoms with E-state index in [1.54, 1.807) is 38.5 Å². The Morgan fingerprint density at radius 2 is 1.70 bits per heavy atom. The molecule has 1 N–H and O–H groups in total. The molecule has 3 aromatic rings. The fourth-order valence-electron chi connectivity index (χ4n) is 4.27. The van der Waals surface area contributed by atoms with Crippen molar-refractivity contribution in [2.75, 3.05) is 20.8 Å². The smallest absolute Gasteiger partial charge is 0.166 e. The Hall–Kier alpha value is -3.54. The number of ether oxygens (including phenoxy) is 3. The van der Waals surface area contributed by atoms with Gasteiger partial charge in [-0.2, -0.15) is 0 Å². The van der Waals surface area contributed by atoms with Crippen molar-refractivity contribution in [3.8, 4) is 23.0 Å². The molecule has 6 nitrogen and oxygen atoms in total. The number of nitroso groups, excluding NO2 is 1. The highest BCUT2D eigenvalue weighted by Gasteiger charge is 2.50. The fourth-order valence-corrected chi connectivity index (χ4v) is 4.27. The molecule has 0 aliphatic carbocycles. The number of hydrogen-bond donors (Lipinski definition) is 1. The van der Waals surface area contributed by atoms with Crippen LogP contribution in [-0.4, -0.2) is 25.9 Å². The highest BCUT2D eigenvalue weighted by atomic mass is 16.5. The summed E-state index contributed by atoms with van der Waals surface area (Å²) in [6.07, 6.45) is 0. The lowest BCUT2D eigenvalue weighted by Crippen LogP contribution is -2.40. The van der Waals surface area contributed by atoms with Gasteiger partial charge in [0.05, 0.1) is 26.7 Å². The molecule has 0 aromatic heterocycles. The number of nitrogens with zero attached hydrogens (tertiary/aromatic N) is 1. The minimum atomic E-state index is -1.21. The van der Waals surface area contributed by atoms with Gasteiger partial charge in [-0.25, -0.2) is 0 Å². The summed E-state index contributed by atoms with van der Waals surface area (Å²) in [5.41, 5.74) is 1.88. The largest absolute Gasteiger partial charge is 0.508 e. The van der Waals surface area contributed by atoms with Crippen LogP contribution in [0.1, 0.15) is 28.2 Å². The maximum atomic E-state index is 12.7. The Kier molecular flexibility index (Phi) is 5.08. The molecule has 154 valence electrons. The number of hydrogen-bond acceptors (Lipinski definition) is 6. The van der Waals surface area contributed by atoms with E-state index in [0.717, 1.165) is 16.7 Å². The molecule has 2 unspecified atom stereocenters. The van der Waals surface area contributed by atoms with E-state index < -0.39 is 5.54 Å². The summed E-state index contributed by atoms with van der Waals surface area (Å²) in [6.45, 7) is 2.16. The molecule has 0 saturated heterocycles. The van der Waals surface area contributed by atoms with Crippen LogP contribution in [0, 0.1) is 11.8 Å². The molecule has 30 heavy (non-hydrogen) atoms. The summed E-state index contributed by atoms with van der Waals surface area (Å²) in [5.74, 6) is 1.76. The number of phenolic OH excluding ortho intramolecular Hbond substituents is 1. The molecule has 1 heterocycles. The van der Waals surface area contributed by atoms with Gasteiger partial charge < -0.3 is 19.3 Å². The van der Waals surface area contributed by atoms with Crippen LogP contribution >= 0.6 is 0 Å². The van der Waals surface area contributed by atoms with Crippen LogP contribution in [-0.2, 0) is 5.54 Å². The maximum absolute atomic E-state index is 12.7. The van der Waals surface area contributed by atoms with Crippen molar-refractivity contribution in [3.05, 3.63) is 87.8 Å². The molecule has 6 heteroatoms. The van der Waals surface area contributed by atoms with Gasteiger partial charge in [-0.15, -0.1) is 4.91 Å². The van der Waals surface area contributed by atoms with Gasteiger partial charge in [0.2, 0.25) is 0 Å². The molecular weight excluding hydrogens is 382 g/mol. The third kappa shape index (κ3) is 2.96. The summed E-state index contributed by atoms with van der Waals surface area (Å²) in [7, 11) is 3.20. The molecule has 3 aromatic carbocycles. The molecule has 0 spiro atoms. The van der Waals surface area contributed by atoms with Crippen molar-refractivity contribution in [2.24, 2.45) is 5.18 Å². The quantitative estimate of drug-likeness (QED) is 0.611. The average molecular weight is 405 g/mol. The second-order valence-corrected chi connectivity index (χ2v) is 7.31. The Morgan fingerprint density at radius 1 is 1.00 bits per heavy atom. The van der Waals surface area contributed by atoms with E-state index in [4.69, 9.17) is 14.2 Å². The van der Waals surface area contributed by atoms with Crippen LogP contribution in [0.5, 0.6) is 23.0 Å². The Morgan fingerprint density at radius 3 is 2.30 bits per heavy atom. The average Bonchev–Trinajstić information content (AvgIpc) is 2.79. The van der Waals surface area contributed by atoms with E-state index in [2.05, 4.69) is 5.18 Å². The zero-order valence-corrected chi connectivity index (χ0v) is 17.1. The van der Waals surface area contributed by atoms with E-state index in [0.29, 0.717) is 22.8 Å². The van der Waals surface area contributed by atoms with Gasteiger partial charge in [0.15, 0.2) is 5.54 Å². The second kappa shape index (κ2) is 7.71. The predicted molar refractivity (Wildman–Crippen MR) is 114 cm³/mol.